The Hall–Kier alpha value is -1.96. The summed E-state index contributed by atoms with van der Waals surface area (Å²) in [6.45, 7) is 3.00. The molecule has 0 saturated carbocycles. The van der Waals surface area contributed by atoms with Gasteiger partial charge in [-0.25, -0.2) is 4.98 Å². The van der Waals surface area contributed by atoms with Gasteiger partial charge in [0.05, 0.1) is 11.5 Å². The van der Waals surface area contributed by atoms with Crippen LogP contribution < -0.4 is 10.5 Å². The summed E-state index contributed by atoms with van der Waals surface area (Å²) in [5.41, 5.74) is 5.29. The van der Waals surface area contributed by atoms with E-state index in [9.17, 15) is 10.1 Å². The van der Waals surface area contributed by atoms with Crippen molar-refractivity contribution in [2.24, 2.45) is 0 Å². The average molecular weight is 282 g/mol. The molecular formula is C12H18N4O4. The Morgan fingerprint density at radius 2 is 2.35 bits per heavy atom. The highest BCUT2D eigenvalue weighted by atomic mass is 16.6. The van der Waals surface area contributed by atoms with E-state index in [1.807, 2.05) is 6.92 Å². The zero-order chi connectivity index (χ0) is 14.5. The molecule has 0 amide bonds. The van der Waals surface area contributed by atoms with Crippen LogP contribution in [0, 0.1) is 10.1 Å². The maximum atomic E-state index is 11.0. The summed E-state index contributed by atoms with van der Waals surface area (Å²) in [4.78, 5) is 18.5. The van der Waals surface area contributed by atoms with E-state index in [0.29, 0.717) is 19.0 Å². The molecule has 2 rings (SSSR count). The van der Waals surface area contributed by atoms with Gasteiger partial charge in [-0.3, -0.25) is 10.1 Å². The minimum Gasteiger partial charge on any atom is -0.473 e. The van der Waals surface area contributed by atoms with Gasteiger partial charge in [0.1, 0.15) is 6.10 Å². The Morgan fingerprint density at radius 1 is 1.55 bits per heavy atom. The Kier molecular flexibility index (Phi) is 4.67. The fourth-order valence-corrected chi connectivity index (χ4v) is 1.98. The van der Waals surface area contributed by atoms with E-state index in [1.165, 1.54) is 0 Å². The van der Waals surface area contributed by atoms with Crippen molar-refractivity contribution >= 4 is 11.5 Å². The number of rotatable bonds is 6. The molecule has 1 atom stereocenters. The molecule has 20 heavy (non-hydrogen) atoms. The minimum absolute atomic E-state index is 0.0681. The molecule has 1 aromatic heterocycles. The highest BCUT2D eigenvalue weighted by Crippen LogP contribution is 2.34. The van der Waals surface area contributed by atoms with Gasteiger partial charge in [0.15, 0.2) is 5.82 Å². The van der Waals surface area contributed by atoms with E-state index in [4.69, 9.17) is 15.2 Å². The fraction of sp³-hybridized carbons (Fsp3) is 0.667. The Morgan fingerprint density at radius 3 is 2.95 bits per heavy atom. The third-order valence-electron chi connectivity index (χ3n) is 3.03. The second-order valence-electron chi connectivity index (χ2n) is 4.58. The van der Waals surface area contributed by atoms with Crippen LogP contribution in [-0.2, 0) is 4.74 Å². The lowest BCUT2D eigenvalue weighted by molar-refractivity contribution is -0.385. The van der Waals surface area contributed by atoms with E-state index >= 15 is 0 Å². The number of nitrogens with two attached hydrogens (primary N) is 1. The van der Waals surface area contributed by atoms with Crippen molar-refractivity contribution in [3.63, 3.8) is 0 Å². The van der Waals surface area contributed by atoms with Gasteiger partial charge in [0.2, 0.25) is 5.82 Å². The summed E-state index contributed by atoms with van der Waals surface area (Å²) < 4.78 is 10.9. The summed E-state index contributed by atoms with van der Waals surface area (Å²) in [6, 6.07) is 0. The second kappa shape index (κ2) is 6.47. The van der Waals surface area contributed by atoms with Crippen molar-refractivity contribution in [1.82, 2.24) is 9.97 Å². The monoisotopic (exact) mass is 282 g/mol. The lowest BCUT2D eigenvalue weighted by Crippen LogP contribution is -2.11. The number of anilines is 1. The standard InChI is InChI=1S/C12H18N4O4/c1-2-3-6-20-12-9(16(17)18)10(13)14-11(15-12)8-5-4-7-19-8/h8H,2-7H2,1H3,(H2,13,14,15). The van der Waals surface area contributed by atoms with Gasteiger partial charge in [-0.05, 0) is 19.3 Å². The molecule has 2 heterocycles. The Balaban J connectivity index is 2.30. The van der Waals surface area contributed by atoms with E-state index in [2.05, 4.69) is 9.97 Å². The molecule has 1 fully saturated rings. The van der Waals surface area contributed by atoms with E-state index in [-0.39, 0.29) is 23.5 Å². The van der Waals surface area contributed by atoms with Gasteiger partial charge in [-0.15, -0.1) is 0 Å². The van der Waals surface area contributed by atoms with Gasteiger partial charge in [-0.2, -0.15) is 4.98 Å². The number of hydrogen-bond donors (Lipinski definition) is 1. The topological polar surface area (TPSA) is 113 Å². The number of hydrogen-bond acceptors (Lipinski definition) is 7. The first-order chi connectivity index (χ1) is 9.63. The van der Waals surface area contributed by atoms with E-state index < -0.39 is 4.92 Å². The molecule has 1 aromatic rings. The van der Waals surface area contributed by atoms with Crippen LogP contribution in [0.1, 0.15) is 44.5 Å². The van der Waals surface area contributed by atoms with E-state index in [1.54, 1.807) is 0 Å². The van der Waals surface area contributed by atoms with Gasteiger partial charge < -0.3 is 15.2 Å². The Labute approximate surface area is 116 Å². The van der Waals surface area contributed by atoms with Crippen LogP contribution in [0.25, 0.3) is 0 Å². The van der Waals surface area contributed by atoms with Crippen LogP contribution in [0.2, 0.25) is 0 Å². The van der Waals surface area contributed by atoms with Crippen LogP contribution >= 0.6 is 0 Å². The van der Waals surface area contributed by atoms with Crippen molar-refractivity contribution in [2.75, 3.05) is 18.9 Å². The summed E-state index contributed by atoms with van der Waals surface area (Å²) in [6.07, 6.45) is 3.15. The average Bonchev–Trinajstić information content (AvgIpc) is 2.91. The normalized spacial score (nSPS) is 18.1. The maximum absolute atomic E-state index is 11.0. The first-order valence-electron chi connectivity index (χ1n) is 6.69. The largest absolute Gasteiger partial charge is 0.473 e. The summed E-state index contributed by atoms with van der Waals surface area (Å²) in [5, 5.41) is 11.0. The van der Waals surface area contributed by atoms with Crippen molar-refractivity contribution in [1.29, 1.82) is 0 Å². The third kappa shape index (κ3) is 3.13. The molecule has 0 radical (unpaired) electrons. The molecule has 1 aliphatic heterocycles. The van der Waals surface area contributed by atoms with Crippen LogP contribution in [0.5, 0.6) is 5.88 Å². The molecule has 0 bridgehead atoms. The molecule has 8 heteroatoms. The Bertz CT molecular complexity index is 489. The van der Waals surface area contributed by atoms with Crippen molar-refractivity contribution in [3.05, 3.63) is 15.9 Å². The van der Waals surface area contributed by atoms with Crippen LogP contribution in [-0.4, -0.2) is 28.1 Å². The van der Waals surface area contributed by atoms with Gasteiger partial charge in [-0.1, -0.05) is 13.3 Å². The lowest BCUT2D eigenvalue weighted by atomic mass is 10.2. The first-order valence-corrected chi connectivity index (χ1v) is 6.69. The van der Waals surface area contributed by atoms with Crippen LogP contribution in [0.15, 0.2) is 0 Å². The third-order valence-corrected chi connectivity index (χ3v) is 3.03. The summed E-state index contributed by atoms with van der Waals surface area (Å²) >= 11 is 0. The molecule has 0 aliphatic carbocycles. The number of nitrogen functional groups attached to an aromatic ring is 1. The SMILES string of the molecule is CCCCOc1nc(C2CCCO2)nc(N)c1[N+](=O)[O-]. The highest BCUT2D eigenvalue weighted by Gasteiger charge is 2.29. The van der Waals surface area contributed by atoms with Crippen molar-refractivity contribution < 1.29 is 14.4 Å². The van der Waals surface area contributed by atoms with Gasteiger partial charge in [0, 0.05) is 6.61 Å². The van der Waals surface area contributed by atoms with E-state index in [0.717, 1.165) is 25.7 Å². The first kappa shape index (κ1) is 14.4. The fourth-order valence-electron chi connectivity index (χ4n) is 1.98. The maximum Gasteiger partial charge on any atom is 0.372 e. The summed E-state index contributed by atoms with van der Waals surface area (Å²) in [7, 11) is 0. The predicted octanol–water partition coefficient (Wildman–Crippen LogP) is 2.00. The number of nitrogens with zero attached hydrogens (tertiary/aromatic N) is 3. The van der Waals surface area contributed by atoms with Crippen molar-refractivity contribution in [2.45, 2.75) is 38.7 Å². The molecule has 2 N–H and O–H groups in total. The number of aromatic nitrogens is 2. The number of ether oxygens (including phenoxy) is 2. The second-order valence-corrected chi connectivity index (χ2v) is 4.58. The lowest BCUT2D eigenvalue weighted by Gasteiger charge is -2.11. The molecule has 1 aliphatic rings. The molecule has 1 saturated heterocycles. The quantitative estimate of drug-likeness (QED) is 0.482. The molecule has 110 valence electrons. The van der Waals surface area contributed by atoms with Crippen LogP contribution in [0.4, 0.5) is 11.5 Å². The van der Waals surface area contributed by atoms with Crippen molar-refractivity contribution in [3.8, 4) is 5.88 Å². The van der Waals surface area contributed by atoms with Gasteiger partial charge >= 0.3 is 5.69 Å². The molecule has 1 unspecified atom stereocenters. The van der Waals surface area contributed by atoms with Crippen LogP contribution in [0.3, 0.4) is 0 Å². The number of nitro groups is 1. The number of unbranched alkanes of at least 4 members (excludes halogenated alkanes) is 1. The molecule has 0 aromatic carbocycles. The smallest absolute Gasteiger partial charge is 0.372 e. The van der Waals surface area contributed by atoms with Gasteiger partial charge in [0.25, 0.3) is 5.88 Å². The zero-order valence-corrected chi connectivity index (χ0v) is 11.4. The molecular weight excluding hydrogens is 264 g/mol. The molecule has 0 spiro atoms. The molecule has 8 nitrogen and oxygen atoms in total. The minimum atomic E-state index is -0.615. The summed E-state index contributed by atoms with van der Waals surface area (Å²) in [5.74, 6) is 0.112. The zero-order valence-electron chi connectivity index (χ0n) is 11.4. The highest BCUT2D eigenvalue weighted by molar-refractivity contribution is 5.58. The predicted molar refractivity (Wildman–Crippen MR) is 71.4 cm³/mol.